The third-order valence-corrected chi connectivity index (χ3v) is 5.02. The number of aromatic nitrogens is 2. The molecule has 1 aromatic heterocycles. The lowest BCUT2D eigenvalue weighted by Gasteiger charge is -2.23. The summed E-state index contributed by atoms with van der Waals surface area (Å²) in [6.45, 7) is 2.68. The van der Waals surface area contributed by atoms with Gasteiger partial charge in [0.15, 0.2) is 0 Å². The maximum atomic E-state index is 10.6. The molecular weight excluding hydrogens is 338 g/mol. The van der Waals surface area contributed by atoms with Gasteiger partial charge in [0.05, 0.1) is 18.8 Å². The average molecular weight is 363 g/mol. The standard InChI is InChI=1S/C22H25N3O2/c26-22(11-12-23-16-22)17-25-14-13-24-21(25)19-6-8-20(9-7-19)27-15-10-18-4-2-1-3-5-18/h1-9,13-14,23,26H,10-12,15-17H2. The van der Waals surface area contributed by atoms with Crippen LogP contribution in [0.4, 0.5) is 0 Å². The van der Waals surface area contributed by atoms with Gasteiger partial charge >= 0.3 is 0 Å². The lowest BCUT2D eigenvalue weighted by Crippen LogP contribution is -2.36. The Morgan fingerprint density at radius 2 is 1.93 bits per heavy atom. The number of aliphatic hydroxyl groups is 1. The fourth-order valence-corrected chi connectivity index (χ4v) is 3.51. The second-order valence-corrected chi connectivity index (χ2v) is 7.14. The van der Waals surface area contributed by atoms with Crippen molar-refractivity contribution in [1.29, 1.82) is 0 Å². The summed E-state index contributed by atoms with van der Waals surface area (Å²) in [5.41, 5.74) is 1.59. The first-order valence-electron chi connectivity index (χ1n) is 9.43. The smallest absolute Gasteiger partial charge is 0.139 e. The Bertz CT molecular complexity index is 853. The van der Waals surface area contributed by atoms with Crippen LogP contribution < -0.4 is 10.1 Å². The molecule has 0 spiro atoms. The van der Waals surface area contributed by atoms with E-state index in [0.717, 1.165) is 36.5 Å². The molecule has 2 aromatic carbocycles. The molecule has 1 fully saturated rings. The van der Waals surface area contributed by atoms with Gasteiger partial charge in [0.25, 0.3) is 0 Å². The summed E-state index contributed by atoms with van der Waals surface area (Å²) in [4.78, 5) is 4.48. The number of hydrogen-bond donors (Lipinski definition) is 2. The molecule has 4 rings (SSSR count). The number of ether oxygens (including phenoxy) is 1. The molecule has 1 atom stereocenters. The van der Waals surface area contributed by atoms with E-state index in [1.54, 1.807) is 6.20 Å². The second-order valence-electron chi connectivity index (χ2n) is 7.14. The maximum Gasteiger partial charge on any atom is 0.139 e. The lowest BCUT2D eigenvalue weighted by atomic mass is 10.0. The van der Waals surface area contributed by atoms with Gasteiger partial charge in [-0.3, -0.25) is 0 Å². The van der Waals surface area contributed by atoms with Gasteiger partial charge in [-0.25, -0.2) is 4.98 Å². The number of benzene rings is 2. The van der Waals surface area contributed by atoms with Crippen molar-refractivity contribution in [2.75, 3.05) is 19.7 Å². The number of imidazole rings is 1. The van der Waals surface area contributed by atoms with Gasteiger partial charge < -0.3 is 19.7 Å². The summed E-state index contributed by atoms with van der Waals surface area (Å²) in [7, 11) is 0. The minimum absolute atomic E-state index is 0.546. The van der Waals surface area contributed by atoms with Gasteiger partial charge in [-0.1, -0.05) is 30.3 Å². The summed E-state index contributed by atoms with van der Waals surface area (Å²) >= 11 is 0. The molecule has 0 aliphatic carbocycles. The van der Waals surface area contributed by atoms with E-state index in [2.05, 4.69) is 22.4 Å². The molecule has 1 unspecified atom stereocenters. The van der Waals surface area contributed by atoms with Crippen LogP contribution in [0.15, 0.2) is 67.0 Å². The highest BCUT2D eigenvalue weighted by molar-refractivity contribution is 5.56. The molecule has 1 aliphatic rings. The molecule has 0 amide bonds. The Hall–Kier alpha value is -2.63. The highest BCUT2D eigenvalue weighted by atomic mass is 16.5. The maximum absolute atomic E-state index is 10.6. The average Bonchev–Trinajstić information content (AvgIpc) is 3.33. The SMILES string of the molecule is OC1(Cn2ccnc2-c2ccc(OCCc3ccccc3)cc2)CCNC1. The third-order valence-electron chi connectivity index (χ3n) is 5.02. The largest absolute Gasteiger partial charge is 0.493 e. The first-order valence-corrected chi connectivity index (χ1v) is 9.43. The van der Waals surface area contributed by atoms with Crippen LogP contribution in [0.2, 0.25) is 0 Å². The van der Waals surface area contributed by atoms with Gasteiger partial charge in [0, 0.05) is 30.9 Å². The van der Waals surface area contributed by atoms with Gasteiger partial charge in [0.2, 0.25) is 0 Å². The van der Waals surface area contributed by atoms with Crippen molar-refractivity contribution in [3.05, 3.63) is 72.6 Å². The Morgan fingerprint density at radius 1 is 1.11 bits per heavy atom. The van der Waals surface area contributed by atoms with E-state index in [4.69, 9.17) is 4.74 Å². The second kappa shape index (κ2) is 7.94. The van der Waals surface area contributed by atoms with Crippen LogP contribution in [-0.2, 0) is 13.0 Å². The number of hydrogen-bond acceptors (Lipinski definition) is 4. The Kier molecular flexibility index (Phi) is 5.23. The minimum atomic E-state index is -0.698. The summed E-state index contributed by atoms with van der Waals surface area (Å²) in [5, 5.41) is 13.9. The van der Waals surface area contributed by atoms with Crippen LogP contribution >= 0.6 is 0 Å². The molecule has 3 aromatic rings. The molecule has 0 radical (unpaired) electrons. The predicted octanol–water partition coefficient (Wildman–Crippen LogP) is 2.90. The van der Waals surface area contributed by atoms with Crippen LogP contribution in [0.1, 0.15) is 12.0 Å². The molecule has 2 heterocycles. The minimum Gasteiger partial charge on any atom is -0.493 e. The normalized spacial score (nSPS) is 19.3. The van der Waals surface area contributed by atoms with Crippen molar-refractivity contribution in [1.82, 2.24) is 14.9 Å². The Labute approximate surface area is 159 Å². The van der Waals surface area contributed by atoms with Crippen molar-refractivity contribution in [2.24, 2.45) is 0 Å². The molecule has 27 heavy (non-hydrogen) atoms. The van der Waals surface area contributed by atoms with Crippen LogP contribution in [0, 0.1) is 0 Å². The van der Waals surface area contributed by atoms with Gasteiger partial charge in [-0.2, -0.15) is 0 Å². The van der Waals surface area contributed by atoms with Crippen molar-refractivity contribution < 1.29 is 9.84 Å². The molecule has 0 bridgehead atoms. The van der Waals surface area contributed by atoms with E-state index in [-0.39, 0.29) is 0 Å². The van der Waals surface area contributed by atoms with Crippen LogP contribution in [-0.4, -0.2) is 40.0 Å². The highest BCUT2D eigenvalue weighted by Gasteiger charge is 2.32. The lowest BCUT2D eigenvalue weighted by molar-refractivity contribution is 0.0436. The van der Waals surface area contributed by atoms with E-state index in [0.29, 0.717) is 19.7 Å². The number of nitrogens with zero attached hydrogens (tertiary/aromatic N) is 2. The predicted molar refractivity (Wildman–Crippen MR) is 106 cm³/mol. The van der Waals surface area contributed by atoms with Gasteiger partial charge in [-0.15, -0.1) is 0 Å². The molecule has 1 saturated heterocycles. The van der Waals surface area contributed by atoms with Crippen LogP contribution in [0.3, 0.4) is 0 Å². The Balaban J connectivity index is 1.38. The summed E-state index contributed by atoms with van der Waals surface area (Å²) in [6, 6.07) is 18.3. The summed E-state index contributed by atoms with van der Waals surface area (Å²) in [6.07, 6.45) is 5.36. The quantitative estimate of drug-likeness (QED) is 0.678. The summed E-state index contributed by atoms with van der Waals surface area (Å²) in [5.74, 6) is 1.72. The first kappa shape index (κ1) is 17.8. The van der Waals surface area contributed by atoms with E-state index in [1.807, 2.05) is 53.2 Å². The third kappa shape index (κ3) is 4.38. The molecule has 5 nitrogen and oxygen atoms in total. The first-order chi connectivity index (χ1) is 13.2. The van der Waals surface area contributed by atoms with Crippen molar-refractivity contribution in [3.8, 4) is 17.1 Å². The number of rotatable bonds is 7. The van der Waals surface area contributed by atoms with E-state index in [9.17, 15) is 5.11 Å². The number of β-amino-alcohol motifs (C(OH)–C–C–N with tert-alkyl or cyclic N) is 1. The highest BCUT2D eigenvalue weighted by Crippen LogP contribution is 2.24. The molecule has 2 N–H and O–H groups in total. The van der Waals surface area contributed by atoms with E-state index >= 15 is 0 Å². The zero-order valence-corrected chi connectivity index (χ0v) is 15.3. The molecule has 5 heteroatoms. The van der Waals surface area contributed by atoms with E-state index in [1.165, 1.54) is 5.56 Å². The molecule has 0 saturated carbocycles. The van der Waals surface area contributed by atoms with Gasteiger partial charge in [0.1, 0.15) is 11.6 Å². The zero-order chi connectivity index (χ0) is 18.5. The molecule has 1 aliphatic heterocycles. The zero-order valence-electron chi connectivity index (χ0n) is 15.3. The summed E-state index contributed by atoms with van der Waals surface area (Å²) < 4.78 is 7.89. The fraction of sp³-hybridized carbons (Fsp3) is 0.318. The Morgan fingerprint density at radius 3 is 2.67 bits per heavy atom. The number of nitrogens with one attached hydrogen (secondary N) is 1. The topological polar surface area (TPSA) is 59.3 Å². The van der Waals surface area contributed by atoms with Crippen molar-refractivity contribution in [3.63, 3.8) is 0 Å². The van der Waals surface area contributed by atoms with Gasteiger partial charge in [-0.05, 0) is 42.8 Å². The monoisotopic (exact) mass is 363 g/mol. The van der Waals surface area contributed by atoms with Crippen molar-refractivity contribution >= 4 is 0 Å². The van der Waals surface area contributed by atoms with Crippen LogP contribution in [0.25, 0.3) is 11.4 Å². The fourth-order valence-electron chi connectivity index (χ4n) is 3.51. The van der Waals surface area contributed by atoms with Crippen LogP contribution in [0.5, 0.6) is 5.75 Å². The molecule has 140 valence electrons. The van der Waals surface area contributed by atoms with Crippen molar-refractivity contribution in [2.45, 2.75) is 25.0 Å². The molecular formula is C22H25N3O2. The van der Waals surface area contributed by atoms with E-state index < -0.39 is 5.60 Å².